The maximum Gasteiger partial charge on any atom is 0.224 e. The molecule has 26 heavy (non-hydrogen) atoms. The average molecular weight is 348 g/mol. The van der Waals surface area contributed by atoms with Gasteiger partial charge in [-0.05, 0) is 47.2 Å². The molecule has 2 aromatic carbocycles. The lowest BCUT2D eigenvalue weighted by molar-refractivity contribution is -0.116. The summed E-state index contributed by atoms with van der Waals surface area (Å²) in [5.41, 5.74) is 4.31. The van der Waals surface area contributed by atoms with E-state index in [-0.39, 0.29) is 11.3 Å². The predicted octanol–water partition coefficient (Wildman–Crippen LogP) is 4.14. The first-order chi connectivity index (χ1) is 12.4. The first kappa shape index (κ1) is 17.9. The van der Waals surface area contributed by atoms with E-state index in [1.54, 1.807) is 11.0 Å². The number of benzene rings is 2. The Morgan fingerprint density at radius 3 is 2.31 bits per heavy atom. The van der Waals surface area contributed by atoms with E-state index in [1.807, 2.05) is 24.3 Å². The number of amides is 1. The van der Waals surface area contributed by atoms with E-state index in [0.29, 0.717) is 6.42 Å². The summed E-state index contributed by atoms with van der Waals surface area (Å²) in [6.07, 6.45) is 4.31. The zero-order valence-electron chi connectivity index (χ0n) is 15.4. The van der Waals surface area contributed by atoms with Gasteiger partial charge in [0.15, 0.2) is 0 Å². The van der Waals surface area contributed by atoms with Crippen LogP contribution in [-0.2, 0) is 16.6 Å². The topological polar surface area (TPSA) is 59.8 Å². The van der Waals surface area contributed by atoms with Crippen molar-refractivity contribution < 1.29 is 4.79 Å². The van der Waals surface area contributed by atoms with Crippen molar-refractivity contribution >= 4 is 11.6 Å². The Labute approximate surface area is 154 Å². The van der Waals surface area contributed by atoms with Crippen molar-refractivity contribution in [1.82, 2.24) is 14.8 Å². The Morgan fingerprint density at radius 1 is 1.04 bits per heavy atom. The normalized spacial score (nSPS) is 11.3. The van der Waals surface area contributed by atoms with Crippen molar-refractivity contribution in [2.75, 3.05) is 5.32 Å². The second-order valence-corrected chi connectivity index (χ2v) is 7.38. The number of carbonyl (C=O) groups excluding carboxylic acids is 1. The van der Waals surface area contributed by atoms with E-state index in [4.69, 9.17) is 0 Å². The van der Waals surface area contributed by atoms with Gasteiger partial charge in [-0.15, -0.1) is 0 Å². The molecule has 0 saturated heterocycles. The van der Waals surface area contributed by atoms with Crippen LogP contribution in [0.5, 0.6) is 0 Å². The second kappa shape index (κ2) is 7.52. The summed E-state index contributed by atoms with van der Waals surface area (Å²) in [7, 11) is 0. The molecule has 0 radical (unpaired) electrons. The fraction of sp³-hybridized carbons (Fsp3) is 0.286. The second-order valence-electron chi connectivity index (χ2n) is 7.38. The SMILES string of the molecule is CC(C)(C)c1ccc(CCC(=O)Nc2ccc(-n3cncn3)cc2)cc1. The molecule has 0 atom stereocenters. The number of rotatable bonds is 5. The average Bonchev–Trinajstić information content (AvgIpc) is 3.15. The minimum atomic E-state index is 0.0124. The Kier molecular flexibility index (Phi) is 5.16. The van der Waals surface area contributed by atoms with E-state index in [9.17, 15) is 4.79 Å². The number of aromatic nitrogens is 3. The number of nitrogens with one attached hydrogen (secondary N) is 1. The van der Waals surface area contributed by atoms with Crippen molar-refractivity contribution in [1.29, 1.82) is 0 Å². The smallest absolute Gasteiger partial charge is 0.224 e. The number of anilines is 1. The molecular formula is C21H24N4O. The van der Waals surface area contributed by atoms with Crippen LogP contribution in [0.4, 0.5) is 5.69 Å². The lowest BCUT2D eigenvalue weighted by Crippen LogP contribution is -2.13. The largest absolute Gasteiger partial charge is 0.326 e. The van der Waals surface area contributed by atoms with Crippen LogP contribution < -0.4 is 5.32 Å². The summed E-state index contributed by atoms with van der Waals surface area (Å²) >= 11 is 0. The van der Waals surface area contributed by atoms with E-state index in [2.05, 4.69) is 60.4 Å². The van der Waals surface area contributed by atoms with Crippen LogP contribution in [0.3, 0.4) is 0 Å². The lowest BCUT2D eigenvalue weighted by Gasteiger charge is -2.19. The number of carbonyl (C=O) groups is 1. The zero-order chi connectivity index (χ0) is 18.6. The summed E-state index contributed by atoms with van der Waals surface area (Å²) in [6.45, 7) is 6.59. The van der Waals surface area contributed by atoms with Crippen LogP contribution >= 0.6 is 0 Å². The van der Waals surface area contributed by atoms with Crippen molar-refractivity contribution in [3.8, 4) is 5.69 Å². The third-order valence-electron chi connectivity index (χ3n) is 4.30. The van der Waals surface area contributed by atoms with Crippen LogP contribution in [0.25, 0.3) is 5.69 Å². The molecule has 1 N–H and O–H groups in total. The van der Waals surface area contributed by atoms with Gasteiger partial charge < -0.3 is 5.32 Å². The number of aryl methyl sites for hydroxylation is 1. The molecule has 5 nitrogen and oxygen atoms in total. The molecule has 0 bridgehead atoms. The minimum absolute atomic E-state index is 0.0124. The molecule has 0 saturated carbocycles. The van der Waals surface area contributed by atoms with Crippen LogP contribution in [0, 0.1) is 0 Å². The van der Waals surface area contributed by atoms with Gasteiger partial charge in [-0.25, -0.2) is 9.67 Å². The van der Waals surface area contributed by atoms with Gasteiger partial charge in [0.05, 0.1) is 5.69 Å². The van der Waals surface area contributed by atoms with Crippen LogP contribution in [0.2, 0.25) is 0 Å². The molecule has 0 aliphatic carbocycles. The molecule has 0 fully saturated rings. The van der Waals surface area contributed by atoms with E-state index >= 15 is 0 Å². The first-order valence-electron chi connectivity index (χ1n) is 8.76. The standard InChI is InChI=1S/C21H24N4O/c1-21(2,3)17-7-4-16(5-8-17)6-13-20(26)24-18-9-11-19(12-10-18)25-15-22-14-23-25/h4-5,7-12,14-15H,6,13H2,1-3H3,(H,24,26). The van der Waals surface area contributed by atoms with Gasteiger partial charge in [0.25, 0.3) is 0 Å². The molecule has 134 valence electrons. The van der Waals surface area contributed by atoms with E-state index < -0.39 is 0 Å². The van der Waals surface area contributed by atoms with Crippen molar-refractivity contribution in [2.24, 2.45) is 0 Å². The maximum atomic E-state index is 12.2. The van der Waals surface area contributed by atoms with Gasteiger partial charge in [0, 0.05) is 12.1 Å². The molecule has 1 amide bonds. The summed E-state index contributed by atoms with van der Waals surface area (Å²) < 4.78 is 1.67. The van der Waals surface area contributed by atoms with Gasteiger partial charge in [0.1, 0.15) is 12.7 Å². The molecule has 1 aromatic heterocycles. The van der Waals surface area contributed by atoms with Gasteiger partial charge in [0.2, 0.25) is 5.91 Å². The van der Waals surface area contributed by atoms with Gasteiger partial charge >= 0.3 is 0 Å². The Morgan fingerprint density at radius 2 is 1.73 bits per heavy atom. The molecule has 3 aromatic rings. The lowest BCUT2D eigenvalue weighted by atomic mass is 9.86. The van der Waals surface area contributed by atoms with Gasteiger partial charge in [-0.2, -0.15) is 5.10 Å². The maximum absolute atomic E-state index is 12.2. The molecule has 0 spiro atoms. The van der Waals surface area contributed by atoms with Gasteiger partial charge in [-0.1, -0.05) is 45.0 Å². The summed E-state index contributed by atoms with van der Waals surface area (Å²) in [5, 5.41) is 7.02. The Bertz CT molecular complexity index is 845. The number of hydrogen-bond donors (Lipinski definition) is 1. The van der Waals surface area contributed by atoms with Gasteiger partial charge in [-0.3, -0.25) is 4.79 Å². The highest BCUT2D eigenvalue weighted by Crippen LogP contribution is 2.22. The molecule has 0 unspecified atom stereocenters. The first-order valence-corrected chi connectivity index (χ1v) is 8.76. The molecule has 0 aliphatic heterocycles. The number of hydrogen-bond acceptors (Lipinski definition) is 3. The monoisotopic (exact) mass is 348 g/mol. The van der Waals surface area contributed by atoms with Crippen molar-refractivity contribution in [2.45, 2.75) is 39.0 Å². The Balaban J connectivity index is 1.52. The van der Waals surface area contributed by atoms with Crippen LogP contribution in [0.15, 0.2) is 61.2 Å². The molecule has 3 rings (SSSR count). The molecule has 5 heteroatoms. The molecule has 0 aliphatic rings. The summed E-state index contributed by atoms with van der Waals surface area (Å²) in [6, 6.07) is 16.1. The fourth-order valence-corrected chi connectivity index (χ4v) is 2.69. The fourth-order valence-electron chi connectivity index (χ4n) is 2.69. The highest BCUT2D eigenvalue weighted by atomic mass is 16.1. The van der Waals surface area contributed by atoms with E-state index in [0.717, 1.165) is 17.8 Å². The zero-order valence-corrected chi connectivity index (χ0v) is 15.4. The third kappa shape index (κ3) is 4.57. The van der Waals surface area contributed by atoms with Crippen LogP contribution in [-0.4, -0.2) is 20.7 Å². The molecule has 1 heterocycles. The van der Waals surface area contributed by atoms with Crippen molar-refractivity contribution in [3.05, 3.63) is 72.3 Å². The van der Waals surface area contributed by atoms with E-state index in [1.165, 1.54) is 17.5 Å². The van der Waals surface area contributed by atoms with Crippen LogP contribution in [0.1, 0.15) is 38.3 Å². The summed E-state index contributed by atoms with van der Waals surface area (Å²) in [4.78, 5) is 16.1. The third-order valence-corrected chi connectivity index (χ3v) is 4.30. The Hall–Kier alpha value is -2.95. The summed E-state index contributed by atoms with van der Waals surface area (Å²) in [5.74, 6) is 0.0124. The molecular weight excluding hydrogens is 324 g/mol. The highest BCUT2D eigenvalue weighted by Gasteiger charge is 2.13. The quantitative estimate of drug-likeness (QED) is 0.754. The number of nitrogens with zero attached hydrogens (tertiary/aromatic N) is 3. The highest BCUT2D eigenvalue weighted by molar-refractivity contribution is 5.90. The predicted molar refractivity (Wildman–Crippen MR) is 103 cm³/mol. The minimum Gasteiger partial charge on any atom is -0.326 e. The van der Waals surface area contributed by atoms with Crippen molar-refractivity contribution in [3.63, 3.8) is 0 Å².